The molecule has 2 rings (SSSR count). The van der Waals surface area contributed by atoms with Gasteiger partial charge in [0.2, 0.25) is 11.8 Å². The van der Waals surface area contributed by atoms with Crippen LogP contribution in [-0.4, -0.2) is 69.2 Å². The number of hydrogen-bond acceptors (Lipinski definition) is 4. The molecule has 0 saturated carbocycles. The summed E-state index contributed by atoms with van der Waals surface area (Å²) in [6, 6.07) is 1.24. The van der Waals surface area contributed by atoms with Crippen LogP contribution in [0, 0.1) is 11.8 Å². The highest BCUT2D eigenvalue weighted by molar-refractivity contribution is 5.86. The highest BCUT2D eigenvalue weighted by atomic mass is 16.4. The Bertz CT molecular complexity index is 601. The summed E-state index contributed by atoms with van der Waals surface area (Å²) in [5, 5.41) is 13.2. The van der Waals surface area contributed by atoms with Crippen molar-refractivity contribution < 1.29 is 19.5 Å². The van der Waals surface area contributed by atoms with E-state index in [4.69, 9.17) is 0 Å². The van der Waals surface area contributed by atoms with Crippen LogP contribution >= 0.6 is 0 Å². The predicted octanol–water partition coefficient (Wildman–Crippen LogP) is 0.472. The number of amides is 2. The number of hydrogen-bond donors (Lipinski definition) is 1. The van der Waals surface area contributed by atoms with E-state index in [0.717, 1.165) is 0 Å². The van der Waals surface area contributed by atoms with E-state index in [9.17, 15) is 19.5 Å². The lowest BCUT2D eigenvalue weighted by Crippen LogP contribution is -2.49. The Morgan fingerprint density at radius 1 is 1.38 bits per heavy atom. The number of carbonyl (C=O) groups is 3. The van der Waals surface area contributed by atoms with Crippen molar-refractivity contribution in [1.82, 2.24) is 19.6 Å². The first-order valence-corrected chi connectivity index (χ1v) is 8.04. The summed E-state index contributed by atoms with van der Waals surface area (Å²) in [4.78, 5) is 39.0. The minimum Gasteiger partial charge on any atom is -0.481 e. The van der Waals surface area contributed by atoms with Crippen molar-refractivity contribution in [2.45, 2.75) is 26.3 Å². The normalized spacial score (nSPS) is 22.0. The zero-order chi connectivity index (χ0) is 17.9. The van der Waals surface area contributed by atoms with Gasteiger partial charge in [-0.2, -0.15) is 5.10 Å². The van der Waals surface area contributed by atoms with Crippen LogP contribution in [0.25, 0.3) is 0 Å². The molecule has 2 heterocycles. The van der Waals surface area contributed by atoms with Gasteiger partial charge in [0.1, 0.15) is 6.04 Å². The molecular weight excluding hydrogens is 312 g/mol. The Labute approximate surface area is 141 Å². The summed E-state index contributed by atoms with van der Waals surface area (Å²) in [7, 11) is 1.57. The Hall–Kier alpha value is -2.38. The first-order chi connectivity index (χ1) is 11.3. The molecule has 0 radical (unpaired) electrons. The van der Waals surface area contributed by atoms with Gasteiger partial charge in [-0.1, -0.05) is 6.92 Å². The second-order valence-electron chi connectivity index (χ2n) is 6.53. The third-order valence-corrected chi connectivity index (χ3v) is 4.39. The van der Waals surface area contributed by atoms with Gasteiger partial charge in [0, 0.05) is 32.5 Å². The third kappa shape index (κ3) is 4.12. The molecule has 0 bridgehead atoms. The van der Waals surface area contributed by atoms with Crippen LogP contribution in [-0.2, 0) is 14.4 Å². The number of rotatable bonds is 5. The SMILES string of the molecule is CC1CC(C(=O)O)CN(C(=O)CN(C)C(=O)C(C)n2cccn2)C1. The predicted molar refractivity (Wildman–Crippen MR) is 86.1 cm³/mol. The number of carbonyl (C=O) groups excluding carboxylic acids is 2. The van der Waals surface area contributed by atoms with Crippen LogP contribution in [0.3, 0.4) is 0 Å². The van der Waals surface area contributed by atoms with E-state index in [1.54, 1.807) is 37.3 Å². The van der Waals surface area contributed by atoms with Crippen LogP contribution in [0.2, 0.25) is 0 Å². The number of aromatic nitrogens is 2. The lowest BCUT2D eigenvalue weighted by atomic mass is 9.90. The molecule has 1 aromatic heterocycles. The monoisotopic (exact) mass is 336 g/mol. The Kier molecular flexibility index (Phi) is 5.58. The van der Waals surface area contributed by atoms with Crippen LogP contribution in [0.5, 0.6) is 0 Å². The van der Waals surface area contributed by atoms with E-state index in [1.807, 2.05) is 6.92 Å². The lowest BCUT2D eigenvalue weighted by Gasteiger charge is -2.35. The van der Waals surface area contributed by atoms with Gasteiger partial charge in [-0.25, -0.2) is 0 Å². The van der Waals surface area contributed by atoms with E-state index >= 15 is 0 Å². The fourth-order valence-electron chi connectivity index (χ4n) is 3.06. The molecular formula is C16H24N4O4. The molecule has 132 valence electrons. The van der Waals surface area contributed by atoms with Gasteiger partial charge < -0.3 is 14.9 Å². The molecule has 3 unspecified atom stereocenters. The standard InChI is InChI=1S/C16H24N4O4/c1-11-7-13(16(23)24)9-19(8-11)14(21)10-18(3)15(22)12(2)20-6-4-5-17-20/h4-6,11-13H,7-10H2,1-3H3,(H,23,24). The van der Waals surface area contributed by atoms with Gasteiger partial charge in [-0.15, -0.1) is 0 Å². The summed E-state index contributed by atoms with van der Waals surface area (Å²) >= 11 is 0. The van der Waals surface area contributed by atoms with E-state index < -0.39 is 17.9 Å². The lowest BCUT2D eigenvalue weighted by molar-refractivity contribution is -0.149. The van der Waals surface area contributed by atoms with Crippen molar-refractivity contribution in [2.75, 3.05) is 26.7 Å². The van der Waals surface area contributed by atoms with Gasteiger partial charge in [-0.3, -0.25) is 19.1 Å². The van der Waals surface area contributed by atoms with Gasteiger partial charge >= 0.3 is 5.97 Å². The molecule has 3 atom stereocenters. The van der Waals surface area contributed by atoms with Crippen LogP contribution in [0.15, 0.2) is 18.5 Å². The van der Waals surface area contributed by atoms with E-state index in [-0.39, 0.29) is 30.8 Å². The third-order valence-electron chi connectivity index (χ3n) is 4.39. The summed E-state index contributed by atoms with van der Waals surface area (Å²) < 4.78 is 1.53. The Morgan fingerprint density at radius 2 is 2.08 bits per heavy atom. The first kappa shape index (κ1) is 18.0. The number of likely N-dealkylation sites (tertiary alicyclic amines) is 1. The maximum absolute atomic E-state index is 12.5. The molecule has 1 fully saturated rings. The zero-order valence-corrected chi connectivity index (χ0v) is 14.3. The average Bonchev–Trinajstić information content (AvgIpc) is 3.07. The highest BCUT2D eigenvalue weighted by Crippen LogP contribution is 2.22. The molecule has 8 nitrogen and oxygen atoms in total. The largest absolute Gasteiger partial charge is 0.481 e. The highest BCUT2D eigenvalue weighted by Gasteiger charge is 2.32. The summed E-state index contributed by atoms with van der Waals surface area (Å²) in [6.45, 7) is 4.32. The maximum atomic E-state index is 12.5. The second kappa shape index (κ2) is 7.46. The van der Waals surface area contributed by atoms with Crippen molar-refractivity contribution in [3.63, 3.8) is 0 Å². The number of aliphatic carboxylic acids is 1. The molecule has 0 aromatic carbocycles. The Morgan fingerprint density at radius 3 is 2.67 bits per heavy atom. The van der Waals surface area contributed by atoms with Crippen molar-refractivity contribution in [1.29, 1.82) is 0 Å². The number of nitrogens with zero attached hydrogens (tertiary/aromatic N) is 4. The van der Waals surface area contributed by atoms with Crippen LogP contribution < -0.4 is 0 Å². The molecule has 1 aliphatic heterocycles. The van der Waals surface area contributed by atoms with E-state index in [0.29, 0.717) is 13.0 Å². The maximum Gasteiger partial charge on any atom is 0.308 e. The van der Waals surface area contributed by atoms with Crippen molar-refractivity contribution >= 4 is 17.8 Å². The molecule has 1 saturated heterocycles. The number of piperidine rings is 1. The smallest absolute Gasteiger partial charge is 0.308 e. The summed E-state index contributed by atoms with van der Waals surface area (Å²) in [5.74, 6) is -1.73. The van der Waals surface area contributed by atoms with E-state index in [2.05, 4.69) is 5.10 Å². The number of carboxylic acids is 1. The van der Waals surface area contributed by atoms with Crippen LogP contribution in [0.4, 0.5) is 0 Å². The van der Waals surface area contributed by atoms with Crippen molar-refractivity contribution in [3.8, 4) is 0 Å². The molecule has 1 aliphatic rings. The molecule has 24 heavy (non-hydrogen) atoms. The first-order valence-electron chi connectivity index (χ1n) is 8.04. The zero-order valence-electron chi connectivity index (χ0n) is 14.3. The minimum atomic E-state index is -0.879. The van der Waals surface area contributed by atoms with Gasteiger partial charge in [0.25, 0.3) is 0 Å². The van der Waals surface area contributed by atoms with Gasteiger partial charge in [0.05, 0.1) is 12.5 Å². The number of likely N-dealkylation sites (N-methyl/N-ethyl adjacent to an activating group) is 1. The fraction of sp³-hybridized carbons (Fsp3) is 0.625. The topological polar surface area (TPSA) is 95.7 Å². The van der Waals surface area contributed by atoms with Crippen molar-refractivity contribution in [3.05, 3.63) is 18.5 Å². The second-order valence-corrected chi connectivity index (χ2v) is 6.53. The summed E-state index contributed by atoms with van der Waals surface area (Å²) in [5.41, 5.74) is 0. The summed E-state index contributed by atoms with van der Waals surface area (Å²) in [6.07, 6.45) is 3.86. The van der Waals surface area contributed by atoms with Crippen molar-refractivity contribution in [2.24, 2.45) is 11.8 Å². The molecule has 2 amide bonds. The van der Waals surface area contributed by atoms with Crippen LogP contribution in [0.1, 0.15) is 26.3 Å². The quantitative estimate of drug-likeness (QED) is 0.843. The molecule has 0 aliphatic carbocycles. The molecule has 8 heteroatoms. The van der Waals surface area contributed by atoms with Gasteiger partial charge in [-0.05, 0) is 25.3 Å². The van der Waals surface area contributed by atoms with Gasteiger partial charge in [0.15, 0.2) is 0 Å². The molecule has 1 N–H and O–H groups in total. The number of carboxylic acid groups (broad SMARTS) is 1. The molecule has 1 aromatic rings. The fourth-order valence-corrected chi connectivity index (χ4v) is 3.06. The molecule has 0 spiro atoms. The minimum absolute atomic E-state index is 0.0660. The van der Waals surface area contributed by atoms with E-state index in [1.165, 1.54) is 9.58 Å². The Balaban J connectivity index is 1.95. The average molecular weight is 336 g/mol.